The highest BCUT2D eigenvalue weighted by Gasteiger charge is 2.36. The summed E-state index contributed by atoms with van der Waals surface area (Å²) in [7, 11) is 0. The highest BCUT2D eigenvalue weighted by molar-refractivity contribution is 7.16. The van der Waals surface area contributed by atoms with E-state index in [1.54, 1.807) is 0 Å². The van der Waals surface area contributed by atoms with E-state index in [2.05, 4.69) is 10.3 Å². The van der Waals surface area contributed by atoms with Gasteiger partial charge in [-0.05, 0) is 19.8 Å². The van der Waals surface area contributed by atoms with Crippen molar-refractivity contribution in [3.8, 4) is 0 Å². The van der Waals surface area contributed by atoms with Gasteiger partial charge in [0.05, 0.1) is 5.69 Å². The van der Waals surface area contributed by atoms with Crippen LogP contribution in [-0.4, -0.2) is 23.6 Å². The summed E-state index contributed by atoms with van der Waals surface area (Å²) >= 11 is 0.430. The topological polar surface area (TPSA) is 51.2 Å². The zero-order valence-corrected chi connectivity index (χ0v) is 10.3. The van der Waals surface area contributed by atoms with Crippen LogP contribution in [0.2, 0.25) is 0 Å². The molecular weight excluding hydrogens is 269 g/mol. The third-order valence-corrected chi connectivity index (χ3v) is 3.62. The first kappa shape index (κ1) is 13.3. The lowest BCUT2D eigenvalue weighted by molar-refractivity contribution is -0.135. The van der Waals surface area contributed by atoms with E-state index in [9.17, 15) is 18.0 Å². The van der Waals surface area contributed by atoms with Crippen LogP contribution in [0.5, 0.6) is 0 Å². The fraction of sp³-hybridized carbons (Fsp3) is 0.600. The number of ether oxygens (including phenoxy) is 1. The molecule has 1 aliphatic rings. The Labute approximate surface area is 105 Å². The van der Waals surface area contributed by atoms with Gasteiger partial charge < -0.3 is 4.74 Å². The number of nitrogens with zero attached hydrogens (tertiary/aromatic N) is 1. The van der Waals surface area contributed by atoms with Crippen molar-refractivity contribution in [1.29, 1.82) is 0 Å². The van der Waals surface area contributed by atoms with Gasteiger partial charge in [-0.2, -0.15) is 13.2 Å². The molecule has 0 spiro atoms. The molecule has 0 aliphatic carbocycles. The van der Waals surface area contributed by atoms with E-state index in [1.165, 1.54) is 6.92 Å². The second kappa shape index (κ2) is 4.85. The molecular formula is C10H11F3N2O2S. The van der Waals surface area contributed by atoms with Crippen molar-refractivity contribution < 1.29 is 22.7 Å². The van der Waals surface area contributed by atoms with Crippen LogP contribution in [0, 0.1) is 6.92 Å². The molecule has 0 saturated carbocycles. The van der Waals surface area contributed by atoms with Crippen molar-refractivity contribution in [2.75, 3.05) is 11.9 Å². The number of alkyl halides is 3. The molecule has 0 unspecified atom stereocenters. The summed E-state index contributed by atoms with van der Waals surface area (Å²) in [6.45, 7) is 1.77. The van der Waals surface area contributed by atoms with Crippen LogP contribution in [-0.2, 0) is 15.7 Å². The summed E-state index contributed by atoms with van der Waals surface area (Å²) < 4.78 is 42.7. The number of anilines is 1. The van der Waals surface area contributed by atoms with E-state index >= 15 is 0 Å². The summed E-state index contributed by atoms with van der Waals surface area (Å²) in [6, 6.07) is 0. The smallest absolute Gasteiger partial charge is 0.368 e. The molecule has 1 aromatic heterocycles. The van der Waals surface area contributed by atoms with Gasteiger partial charge in [-0.15, -0.1) is 0 Å². The Hall–Kier alpha value is -1.15. The monoisotopic (exact) mass is 280 g/mol. The van der Waals surface area contributed by atoms with Crippen molar-refractivity contribution in [3.05, 3.63) is 10.6 Å². The van der Waals surface area contributed by atoms with Gasteiger partial charge in [0, 0.05) is 6.61 Å². The van der Waals surface area contributed by atoms with E-state index in [-0.39, 0.29) is 10.8 Å². The summed E-state index contributed by atoms with van der Waals surface area (Å²) in [5, 5.41) is 2.32. The van der Waals surface area contributed by atoms with Crippen molar-refractivity contribution in [3.63, 3.8) is 0 Å². The number of aryl methyl sites for hydroxylation is 1. The third-order valence-electron chi connectivity index (χ3n) is 2.51. The zero-order valence-electron chi connectivity index (χ0n) is 9.50. The molecule has 1 saturated heterocycles. The van der Waals surface area contributed by atoms with Gasteiger partial charge in [0.15, 0.2) is 5.13 Å². The van der Waals surface area contributed by atoms with Crippen molar-refractivity contribution in [2.24, 2.45) is 0 Å². The first-order valence-corrected chi connectivity index (χ1v) is 6.16. The van der Waals surface area contributed by atoms with Gasteiger partial charge in [-0.1, -0.05) is 11.3 Å². The van der Waals surface area contributed by atoms with Gasteiger partial charge in [0.25, 0.3) is 5.91 Å². The Morgan fingerprint density at radius 2 is 2.28 bits per heavy atom. The lowest BCUT2D eigenvalue weighted by Crippen LogP contribution is -2.26. The molecule has 2 rings (SSSR count). The molecule has 1 N–H and O–H groups in total. The third kappa shape index (κ3) is 2.81. The fourth-order valence-corrected chi connectivity index (χ4v) is 2.52. The second-order valence-corrected chi connectivity index (χ2v) is 4.92. The second-order valence-electron chi connectivity index (χ2n) is 3.92. The highest BCUT2D eigenvalue weighted by Crippen LogP contribution is 2.37. The SMILES string of the molecule is Cc1nc(NC(=O)[C@@H]2CCCO2)sc1C(F)(F)F. The maximum atomic E-state index is 12.5. The van der Waals surface area contributed by atoms with Crippen LogP contribution in [0.1, 0.15) is 23.4 Å². The first-order chi connectivity index (χ1) is 8.38. The fourth-order valence-electron chi connectivity index (χ4n) is 1.68. The van der Waals surface area contributed by atoms with E-state index in [0.717, 1.165) is 6.42 Å². The Kier molecular flexibility index (Phi) is 3.58. The van der Waals surface area contributed by atoms with Crippen molar-refractivity contribution >= 4 is 22.4 Å². The standard InChI is InChI=1S/C10H11F3N2O2S/c1-5-7(10(11,12)13)18-9(14-5)15-8(16)6-3-2-4-17-6/h6H,2-4H2,1H3,(H,14,15,16)/t6-/m0/s1. The van der Waals surface area contributed by atoms with Crippen LogP contribution in [0.15, 0.2) is 0 Å². The number of rotatable bonds is 2. The lowest BCUT2D eigenvalue weighted by atomic mass is 10.2. The van der Waals surface area contributed by atoms with E-state index in [0.29, 0.717) is 24.4 Å². The van der Waals surface area contributed by atoms with Crippen molar-refractivity contribution in [2.45, 2.75) is 32.0 Å². The zero-order chi connectivity index (χ0) is 13.3. The summed E-state index contributed by atoms with van der Waals surface area (Å²) in [4.78, 5) is 14.5. The first-order valence-electron chi connectivity index (χ1n) is 5.35. The van der Waals surface area contributed by atoms with Gasteiger partial charge in [0.2, 0.25) is 0 Å². The number of nitrogens with one attached hydrogen (secondary N) is 1. The molecule has 8 heteroatoms. The maximum absolute atomic E-state index is 12.5. The number of carbonyl (C=O) groups excluding carboxylic acids is 1. The lowest BCUT2D eigenvalue weighted by Gasteiger charge is -2.07. The average Bonchev–Trinajstić information content (AvgIpc) is 2.85. The Morgan fingerprint density at radius 1 is 1.56 bits per heavy atom. The molecule has 18 heavy (non-hydrogen) atoms. The number of hydrogen-bond acceptors (Lipinski definition) is 4. The molecule has 4 nitrogen and oxygen atoms in total. The molecule has 0 radical (unpaired) electrons. The average molecular weight is 280 g/mol. The molecule has 1 atom stereocenters. The largest absolute Gasteiger partial charge is 0.427 e. The van der Waals surface area contributed by atoms with Gasteiger partial charge in [0.1, 0.15) is 11.0 Å². The predicted molar refractivity (Wildman–Crippen MR) is 59.5 cm³/mol. The minimum Gasteiger partial charge on any atom is -0.368 e. The van der Waals surface area contributed by atoms with Crippen LogP contribution in [0.25, 0.3) is 0 Å². The molecule has 0 aromatic carbocycles. The van der Waals surface area contributed by atoms with Gasteiger partial charge >= 0.3 is 6.18 Å². The number of amides is 1. The molecule has 1 aromatic rings. The Morgan fingerprint density at radius 3 is 2.78 bits per heavy atom. The summed E-state index contributed by atoms with van der Waals surface area (Å²) in [5.74, 6) is -0.435. The van der Waals surface area contributed by atoms with Crippen molar-refractivity contribution in [1.82, 2.24) is 4.98 Å². The molecule has 0 bridgehead atoms. The van der Waals surface area contributed by atoms with Gasteiger partial charge in [-0.25, -0.2) is 4.98 Å². The molecule has 100 valence electrons. The normalized spacial score (nSPS) is 20.1. The molecule has 1 aliphatic heterocycles. The number of hydrogen-bond donors (Lipinski definition) is 1. The Bertz CT molecular complexity index is 452. The highest BCUT2D eigenvalue weighted by atomic mass is 32.1. The minimum absolute atomic E-state index is 0.0414. The number of thiazole rings is 1. The predicted octanol–water partition coefficient (Wildman–Crippen LogP) is 2.59. The molecule has 1 fully saturated rings. The Balaban J connectivity index is 2.08. The molecule has 1 amide bonds. The van der Waals surface area contributed by atoms with E-state index in [1.807, 2.05) is 0 Å². The number of carbonyl (C=O) groups is 1. The van der Waals surface area contributed by atoms with Crippen LogP contribution < -0.4 is 5.32 Å². The number of aromatic nitrogens is 1. The van der Waals surface area contributed by atoms with E-state index in [4.69, 9.17) is 4.74 Å². The van der Waals surface area contributed by atoms with Crippen LogP contribution in [0.4, 0.5) is 18.3 Å². The quantitative estimate of drug-likeness (QED) is 0.906. The summed E-state index contributed by atoms with van der Waals surface area (Å²) in [5.41, 5.74) is -0.129. The summed E-state index contributed by atoms with van der Waals surface area (Å²) in [6.07, 6.45) is -3.65. The van der Waals surface area contributed by atoms with Gasteiger partial charge in [-0.3, -0.25) is 10.1 Å². The van der Waals surface area contributed by atoms with Crippen LogP contribution >= 0.6 is 11.3 Å². The van der Waals surface area contributed by atoms with E-state index < -0.39 is 23.1 Å². The van der Waals surface area contributed by atoms with Crippen LogP contribution in [0.3, 0.4) is 0 Å². The minimum atomic E-state index is -4.44. The number of halogens is 3. The maximum Gasteiger partial charge on any atom is 0.427 e. The molecule has 2 heterocycles.